The minimum atomic E-state index is -0.598. The second-order valence-corrected chi connectivity index (χ2v) is 4.61. The predicted molar refractivity (Wildman–Crippen MR) is 67.3 cm³/mol. The van der Waals surface area contributed by atoms with E-state index in [1.54, 1.807) is 6.20 Å². The number of aliphatic hydroxyl groups is 1. The van der Waals surface area contributed by atoms with Crippen LogP contribution in [0, 0.1) is 12.3 Å². The summed E-state index contributed by atoms with van der Waals surface area (Å²) in [5.74, 6) is 2.48. The third kappa shape index (κ3) is 2.66. The number of terminal acetylenes is 1. The Hall–Kier alpha value is -1.37. The van der Waals surface area contributed by atoms with E-state index in [0.717, 1.165) is 18.5 Å². The molecule has 1 aliphatic rings. The lowest BCUT2D eigenvalue weighted by atomic mass is 10.0. The van der Waals surface area contributed by atoms with Crippen molar-refractivity contribution in [2.24, 2.45) is 0 Å². The lowest BCUT2D eigenvalue weighted by Gasteiger charge is -2.20. The quantitative estimate of drug-likeness (QED) is 0.806. The SMILES string of the molecule is C#CCC(O)c1cncc(C2CCCN2C)c1. The summed E-state index contributed by atoms with van der Waals surface area (Å²) < 4.78 is 0. The Morgan fingerprint density at radius 1 is 1.65 bits per heavy atom. The molecule has 3 nitrogen and oxygen atoms in total. The van der Waals surface area contributed by atoms with E-state index in [1.165, 1.54) is 12.0 Å². The van der Waals surface area contributed by atoms with Crippen molar-refractivity contribution in [3.8, 4) is 12.3 Å². The average Bonchev–Trinajstić information content (AvgIpc) is 2.76. The van der Waals surface area contributed by atoms with Crippen LogP contribution in [-0.4, -0.2) is 28.6 Å². The van der Waals surface area contributed by atoms with Gasteiger partial charge in [-0.25, -0.2) is 0 Å². The summed E-state index contributed by atoms with van der Waals surface area (Å²) in [6.45, 7) is 1.13. The molecule has 0 spiro atoms. The van der Waals surface area contributed by atoms with Gasteiger partial charge in [-0.05, 0) is 38.1 Å². The predicted octanol–water partition coefficient (Wildman–Crippen LogP) is 1.90. The number of hydrogen-bond donors (Lipinski definition) is 1. The third-order valence-electron chi connectivity index (χ3n) is 3.38. The molecular formula is C14H18N2O. The fourth-order valence-electron chi connectivity index (χ4n) is 2.40. The van der Waals surface area contributed by atoms with E-state index in [2.05, 4.69) is 22.9 Å². The molecule has 1 aromatic heterocycles. The van der Waals surface area contributed by atoms with Crippen molar-refractivity contribution in [1.29, 1.82) is 0 Å². The molecule has 1 aromatic rings. The zero-order valence-corrected chi connectivity index (χ0v) is 10.1. The van der Waals surface area contributed by atoms with E-state index >= 15 is 0 Å². The molecule has 90 valence electrons. The van der Waals surface area contributed by atoms with Gasteiger partial charge in [-0.1, -0.05) is 0 Å². The second kappa shape index (κ2) is 5.31. The molecule has 0 bridgehead atoms. The van der Waals surface area contributed by atoms with Crippen LogP contribution in [0.5, 0.6) is 0 Å². The molecule has 0 radical (unpaired) electrons. The van der Waals surface area contributed by atoms with Crippen molar-refractivity contribution in [2.75, 3.05) is 13.6 Å². The highest BCUT2D eigenvalue weighted by molar-refractivity contribution is 5.24. The van der Waals surface area contributed by atoms with Crippen LogP contribution in [-0.2, 0) is 0 Å². The Labute approximate surface area is 102 Å². The molecule has 2 rings (SSSR count). The lowest BCUT2D eigenvalue weighted by molar-refractivity contribution is 0.183. The second-order valence-electron chi connectivity index (χ2n) is 4.61. The van der Waals surface area contributed by atoms with Gasteiger partial charge in [0.2, 0.25) is 0 Å². The summed E-state index contributed by atoms with van der Waals surface area (Å²) >= 11 is 0. The minimum absolute atomic E-state index is 0.339. The van der Waals surface area contributed by atoms with Gasteiger partial charge >= 0.3 is 0 Å². The number of likely N-dealkylation sites (tertiary alicyclic amines) is 1. The normalized spacial score (nSPS) is 22.3. The monoisotopic (exact) mass is 230 g/mol. The number of nitrogens with zero attached hydrogens (tertiary/aromatic N) is 2. The average molecular weight is 230 g/mol. The number of pyridine rings is 1. The van der Waals surface area contributed by atoms with Gasteiger partial charge in [0.25, 0.3) is 0 Å². The van der Waals surface area contributed by atoms with Crippen LogP contribution in [0.4, 0.5) is 0 Å². The van der Waals surface area contributed by atoms with Crippen molar-refractivity contribution in [3.05, 3.63) is 29.6 Å². The minimum Gasteiger partial charge on any atom is -0.387 e. The first-order valence-electron chi connectivity index (χ1n) is 5.99. The van der Waals surface area contributed by atoms with E-state index in [4.69, 9.17) is 6.42 Å². The maximum absolute atomic E-state index is 9.86. The number of hydrogen-bond acceptors (Lipinski definition) is 3. The van der Waals surface area contributed by atoms with Crippen LogP contribution >= 0.6 is 0 Å². The fraction of sp³-hybridized carbons (Fsp3) is 0.500. The molecule has 1 fully saturated rings. The van der Waals surface area contributed by atoms with E-state index < -0.39 is 6.10 Å². The van der Waals surface area contributed by atoms with E-state index in [-0.39, 0.29) is 0 Å². The molecule has 1 N–H and O–H groups in total. The zero-order chi connectivity index (χ0) is 12.3. The van der Waals surface area contributed by atoms with Crippen molar-refractivity contribution in [1.82, 2.24) is 9.88 Å². The van der Waals surface area contributed by atoms with Crippen LogP contribution in [0.3, 0.4) is 0 Å². The molecule has 2 atom stereocenters. The van der Waals surface area contributed by atoms with Gasteiger partial charge in [0.05, 0.1) is 6.10 Å². The summed E-state index contributed by atoms with van der Waals surface area (Å²) in [5, 5.41) is 9.86. The van der Waals surface area contributed by atoms with Crippen molar-refractivity contribution in [3.63, 3.8) is 0 Å². The van der Waals surface area contributed by atoms with Gasteiger partial charge in [-0.2, -0.15) is 0 Å². The fourth-order valence-corrected chi connectivity index (χ4v) is 2.40. The van der Waals surface area contributed by atoms with Crippen LogP contribution in [0.1, 0.15) is 42.5 Å². The van der Waals surface area contributed by atoms with Gasteiger partial charge in [0.15, 0.2) is 0 Å². The summed E-state index contributed by atoms with van der Waals surface area (Å²) in [6.07, 6.45) is 10.9. The Balaban J connectivity index is 2.19. The van der Waals surface area contributed by atoms with Crippen molar-refractivity contribution in [2.45, 2.75) is 31.4 Å². The number of rotatable bonds is 3. The van der Waals surface area contributed by atoms with Crippen LogP contribution in [0.15, 0.2) is 18.5 Å². The van der Waals surface area contributed by atoms with Gasteiger partial charge in [0, 0.05) is 30.4 Å². The van der Waals surface area contributed by atoms with E-state index in [9.17, 15) is 5.11 Å². The molecule has 0 aromatic carbocycles. The molecule has 2 heterocycles. The lowest BCUT2D eigenvalue weighted by Crippen LogP contribution is -2.17. The maximum atomic E-state index is 9.86. The first-order valence-corrected chi connectivity index (χ1v) is 5.99. The molecule has 0 aliphatic carbocycles. The Morgan fingerprint density at radius 2 is 2.47 bits per heavy atom. The highest BCUT2D eigenvalue weighted by Crippen LogP contribution is 2.31. The van der Waals surface area contributed by atoms with Crippen LogP contribution < -0.4 is 0 Å². The highest BCUT2D eigenvalue weighted by Gasteiger charge is 2.23. The third-order valence-corrected chi connectivity index (χ3v) is 3.38. The molecular weight excluding hydrogens is 212 g/mol. The van der Waals surface area contributed by atoms with Gasteiger partial charge in [0.1, 0.15) is 0 Å². The summed E-state index contributed by atoms with van der Waals surface area (Å²) in [6, 6.07) is 2.46. The largest absolute Gasteiger partial charge is 0.387 e. The van der Waals surface area contributed by atoms with Gasteiger partial charge in [-0.15, -0.1) is 12.3 Å². The Kier molecular flexibility index (Phi) is 3.78. The number of aromatic nitrogens is 1. The first kappa shape index (κ1) is 12.1. The smallest absolute Gasteiger partial charge is 0.0914 e. The van der Waals surface area contributed by atoms with Gasteiger partial charge in [-0.3, -0.25) is 9.88 Å². The van der Waals surface area contributed by atoms with E-state index in [1.807, 2.05) is 12.3 Å². The summed E-state index contributed by atoms with van der Waals surface area (Å²) in [4.78, 5) is 6.54. The molecule has 1 saturated heterocycles. The molecule has 0 amide bonds. The van der Waals surface area contributed by atoms with Crippen LogP contribution in [0.2, 0.25) is 0 Å². The van der Waals surface area contributed by atoms with Gasteiger partial charge < -0.3 is 5.11 Å². The van der Waals surface area contributed by atoms with E-state index in [0.29, 0.717) is 12.5 Å². The molecule has 1 aliphatic heterocycles. The number of aliphatic hydroxyl groups excluding tert-OH is 1. The topological polar surface area (TPSA) is 36.4 Å². The van der Waals surface area contributed by atoms with Crippen molar-refractivity contribution < 1.29 is 5.11 Å². The Bertz CT molecular complexity index is 424. The standard InChI is InChI=1S/C14H18N2O/c1-3-5-14(17)12-8-11(9-15-10-12)13-6-4-7-16(13)2/h1,8-10,13-14,17H,4-7H2,2H3. The maximum Gasteiger partial charge on any atom is 0.0914 e. The first-order chi connectivity index (χ1) is 8.22. The molecule has 2 unspecified atom stereocenters. The van der Waals surface area contributed by atoms with Crippen molar-refractivity contribution >= 4 is 0 Å². The highest BCUT2D eigenvalue weighted by atomic mass is 16.3. The summed E-state index contributed by atoms with van der Waals surface area (Å²) in [5.41, 5.74) is 2.00. The molecule has 3 heteroatoms. The summed E-state index contributed by atoms with van der Waals surface area (Å²) in [7, 11) is 2.13. The molecule has 17 heavy (non-hydrogen) atoms. The molecule has 0 saturated carbocycles. The zero-order valence-electron chi connectivity index (χ0n) is 10.1. The Morgan fingerprint density at radius 3 is 3.12 bits per heavy atom. The van der Waals surface area contributed by atoms with Crippen LogP contribution in [0.25, 0.3) is 0 Å².